The zero-order valence-electron chi connectivity index (χ0n) is 14.1. The number of carbonyl (C=O) groups is 2. The van der Waals surface area contributed by atoms with Crippen LogP contribution in [0.3, 0.4) is 0 Å². The number of nitrogens with zero attached hydrogens (tertiary/aromatic N) is 1. The Morgan fingerprint density at radius 2 is 1.88 bits per heavy atom. The number of benzene rings is 2. The highest BCUT2D eigenvalue weighted by molar-refractivity contribution is 5.94. The molecule has 0 aromatic heterocycles. The maximum absolute atomic E-state index is 12.8. The predicted octanol–water partition coefficient (Wildman–Crippen LogP) is 2.07. The first kappa shape index (κ1) is 17.5. The van der Waals surface area contributed by atoms with Crippen molar-refractivity contribution in [3.05, 3.63) is 65.5 Å². The number of urea groups is 1. The Bertz CT molecular complexity index is 851. The zero-order valence-corrected chi connectivity index (χ0v) is 14.1. The second-order valence-electron chi connectivity index (χ2n) is 5.81. The molecule has 0 radical (unpaired) electrons. The van der Waals surface area contributed by atoms with Crippen LogP contribution in [0.25, 0.3) is 0 Å². The SMILES string of the molecule is O=C(Cc1ccc(F)cc1)NCC#Cc1ccc(N2CCNC2=O)cc1. The highest BCUT2D eigenvalue weighted by Gasteiger charge is 2.20. The van der Waals surface area contributed by atoms with E-state index in [0.29, 0.717) is 13.1 Å². The van der Waals surface area contributed by atoms with Gasteiger partial charge in [-0.1, -0.05) is 24.0 Å². The van der Waals surface area contributed by atoms with Gasteiger partial charge < -0.3 is 10.6 Å². The summed E-state index contributed by atoms with van der Waals surface area (Å²) in [6.07, 6.45) is 0.189. The largest absolute Gasteiger partial charge is 0.345 e. The van der Waals surface area contributed by atoms with E-state index in [4.69, 9.17) is 0 Å². The molecule has 5 nitrogen and oxygen atoms in total. The minimum absolute atomic E-state index is 0.0901. The molecule has 1 saturated heterocycles. The fourth-order valence-electron chi connectivity index (χ4n) is 2.58. The molecular weight excluding hydrogens is 333 g/mol. The average molecular weight is 351 g/mol. The lowest BCUT2D eigenvalue weighted by molar-refractivity contribution is -0.120. The fraction of sp³-hybridized carbons (Fsp3) is 0.200. The normalized spacial score (nSPS) is 13.0. The van der Waals surface area contributed by atoms with Crippen molar-refractivity contribution in [2.24, 2.45) is 0 Å². The van der Waals surface area contributed by atoms with Crippen molar-refractivity contribution in [1.29, 1.82) is 0 Å². The van der Waals surface area contributed by atoms with Crippen LogP contribution in [0, 0.1) is 17.7 Å². The molecule has 0 unspecified atom stereocenters. The Labute approximate surface area is 151 Å². The van der Waals surface area contributed by atoms with Crippen LogP contribution in [0.2, 0.25) is 0 Å². The minimum atomic E-state index is -0.323. The molecule has 0 bridgehead atoms. The molecule has 132 valence electrons. The second kappa shape index (κ2) is 8.17. The molecule has 0 spiro atoms. The average Bonchev–Trinajstić information content (AvgIpc) is 3.07. The van der Waals surface area contributed by atoms with E-state index in [1.807, 2.05) is 24.3 Å². The highest BCUT2D eigenvalue weighted by Crippen LogP contribution is 2.16. The van der Waals surface area contributed by atoms with Gasteiger partial charge in [-0.2, -0.15) is 0 Å². The topological polar surface area (TPSA) is 61.4 Å². The zero-order chi connectivity index (χ0) is 18.4. The lowest BCUT2D eigenvalue weighted by Gasteiger charge is -2.13. The number of hydrogen-bond donors (Lipinski definition) is 2. The van der Waals surface area contributed by atoms with Crippen molar-refractivity contribution in [2.45, 2.75) is 6.42 Å². The summed E-state index contributed by atoms with van der Waals surface area (Å²) in [5, 5.41) is 5.47. The van der Waals surface area contributed by atoms with Gasteiger partial charge >= 0.3 is 6.03 Å². The smallest absolute Gasteiger partial charge is 0.321 e. The van der Waals surface area contributed by atoms with E-state index in [0.717, 1.165) is 16.8 Å². The molecule has 1 aliphatic rings. The first-order chi connectivity index (χ1) is 12.6. The molecule has 6 heteroatoms. The molecule has 3 rings (SSSR count). The third-order valence-corrected chi connectivity index (χ3v) is 3.92. The number of hydrogen-bond acceptors (Lipinski definition) is 2. The van der Waals surface area contributed by atoms with Crippen LogP contribution in [-0.4, -0.2) is 31.6 Å². The van der Waals surface area contributed by atoms with Gasteiger partial charge in [-0.05, 0) is 42.0 Å². The fourth-order valence-corrected chi connectivity index (χ4v) is 2.58. The molecule has 1 heterocycles. The maximum Gasteiger partial charge on any atom is 0.321 e. The molecule has 2 aromatic carbocycles. The van der Waals surface area contributed by atoms with Gasteiger partial charge in [0.15, 0.2) is 0 Å². The molecule has 3 amide bonds. The van der Waals surface area contributed by atoms with E-state index in [1.165, 1.54) is 12.1 Å². The molecule has 0 atom stereocenters. The van der Waals surface area contributed by atoms with Gasteiger partial charge in [-0.3, -0.25) is 9.69 Å². The van der Waals surface area contributed by atoms with Crippen LogP contribution < -0.4 is 15.5 Å². The number of nitrogens with one attached hydrogen (secondary N) is 2. The molecule has 0 aliphatic carbocycles. The van der Waals surface area contributed by atoms with Crippen molar-refractivity contribution in [1.82, 2.24) is 10.6 Å². The van der Waals surface area contributed by atoms with Crippen LogP contribution in [0.1, 0.15) is 11.1 Å². The van der Waals surface area contributed by atoms with E-state index in [1.54, 1.807) is 17.0 Å². The quantitative estimate of drug-likeness (QED) is 0.829. The van der Waals surface area contributed by atoms with Gasteiger partial charge in [0.2, 0.25) is 5.91 Å². The van der Waals surface area contributed by atoms with Crippen LogP contribution in [-0.2, 0) is 11.2 Å². The minimum Gasteiger partial charge on any atom is -0.345 e. The van der Waals surface area contributed by atoms with E-state index in [2.05, 4.69) is 22.5 Å². The van der Waals surface area contributed by atoms with Crippen molar-refractivity contribution in [2.75, 3.05) is 24.5 Å². The Kier molecular flexibility index (Phi) is 5.49. The van der Waals surface area contributed by atoms with Crippen LogP contribution in [0.5, 0.6) is 0 Å². The van der Waals surface area contributed by atoms with Crippen LogP contribution in [0.4, 0.5) is 14.9 Å². The summed E-state index contributed by atoms with van der Waals surface area (Å²) in [7, 11) is 0. The van der Waals surface area contributed by atoms with Gasteiger partial charge in [0.25, 0.3) is 0 Å². The predicted molar refractivity (Wildman–Crippen MR) is 97.2 cm³/mol. The van der Waals surface area contributed by atoms with Crippen LogP contribution in [0.15, 0.2) is 48.5 Å². The molecule has 2 aromatic rings. The van der Waals surface area contributed by atoms with Crippen molar-refractivity contribution >= 4 is 17.6 Å². The molecule has 2 N–H and O–H groups in total. The highest BCUT2D eigenvalue weighted by atomic mass is 19.1. The number of amides is 3. The third kappa shape index (κ3) is 4.61. The van der Waals surface area contributed by atoms with E-state index < -0.39 is 0 Å². The first-order valence-corrected chi connectivity index (χ1v) is 8.27. The van der Waals surface area contributed by atoms with Gasteiger partial charge in [-0.25, -0.2) is 9.18 Å². The lowest BCUT2D eigenvalue weighted by Crippen LogP contribution is -2.27. The standard InChI is InChI=1S/C20H18FN3O2/c21-17-7-3-16(4-8-17)14-19(25)22-11-1-2-15-5-9-18(10-6-15)24-13-12-23-20(24)26/h3-10H,11-14H2,(H,22,25)(H,23,26). The van der Waals surface area contributed by atoms with Crippen molar-refractivity contribution < 1.29 is 14.0 Å². The molecule has 26 heavy (non-hydrogen) atoms. The Hall–Kier alpha value is -3.33. The van der Waals surface area contributed by atoms with Gasteiger partial charge in [-0.15, -0.1) is 0 Å². The Morgan fingerprint density at radius 1 is 1.15 bits per heavy atom. The summed E-state index contributed by atoms with van der Waals surface area (Å²) in [5.41, 5.74) is 2.39. The summed E-state index contributed by atoms with van der Waals surface area (Å²) < 4.78 is 12.8. The van der Waals surface area contributed by atoms with Gasteiger partial charge in [0.1, 0.15) is 5.82 Å². The lowest BCUT2D eigenvalue weighted by atomic mass is 10.1. The number of anilines is 1. The summed E-state index contributed by atoms with van der Waals surface area (Å²) in [4.78, 5) is 25.1. The van der Waals surface area contributed by atoms with Crippen molar-refractivity contribution in [3.8, 4) is 11.8 Å². The molecular formula is C20H18FN3O2. The number of rotatable bonds is 4. The number of halogens is 1. The van der Waals surface area contributed by atoms with Crippen molar-refractivity contribution in [3.63, 3.8) is 0 Å². The summed E-state index contributed by atoms with van der Waals surface area (Å²) in [6.45, 7) is 1.54. The summed E-state index contributed by atoms with van der Waals surface area (Å²) >= 11 is 0. The summed E-state index contributed by atoms with van der Waals surface area (Å²) in [5.74, 6) is 5.37. The third-order valence-electron chi connectivity index (χ3n) is 3.92. The summed E-state index contributed by atoms with van der Waals surface area (Å²) in [6, 6.07) is 13.1. The Balaban J connectivity index is 1.48. The van der Waals surface area contributed by atoms with E-state index in [9.17, 15) is 14.0 Å². The molecule has 1 fully saturated rings. The van der Waals surface area contributed by atoms with E-state index >= 15 is 0 Å². The van der Waals surface area contributed by atoms with Gasteiger partial charge in [0.05, 0.1) is 13.0 Å². The molecule has 0 saturated carbocycles. The monoisotopic (exact) mass is 351 g/mol. The Morgan fingerprint density at radius 3 is 2.54 bits per heavy atom. The second-order valence-corrected chi connectivity index (χ2v) is 5.81. The van der Waals surface area contributed by atoms with Crippen LogP contribution >= 0.6 is 0 Å². The number of carbonyl (C=O) groups excluding carboxylic acids is 2. The first-order valence-electron chi connectivity index (χ1n) is 8.27. The van der Waals surface area contributed by atoms with E-state index in [-0.39, 0.29) is 30.7 Å². The van der Waals surface area contributed by atoms with Gasteiger partial charge in [0, 0.05) is 24.3 Å². The molecule has 1 aliphatic heterocycles. The maximum atomic E-state index is 12.8.